The fourth-order valence-electron chi connectivity index (χ4n) is 4.10. The molecule has 2 amide bonds. The number of benzene rings is 1. The predicted molar refractivity (Wildman–Crippen MR) is 95.0 cm³/mol. The summed E-state index contributed by atoms with van der Waals surface area (Å²) in [6, 6.07) is 6.02. The van der Waals surface area contributed by atoms with Crippen molar-refractivity contribution < 1.29 is 9.59 Å². The molecular formula is C20H26N2O2. The average molecular weight is 326 g/mol. The number of nitrogens with zero attached hydrogens (tertiary/aromatic N) is 1. The van der Waals surface area contributed by atoms with Crippen LogP contribution in [0.5, 0.6) is 0 Å². The number of carbonyl (C=O) groups excluding carboxylic acids is 2. The monoisotopic (exact) mass is 326 g/mol. The van der Waals surface area contributed by atoms with Crippen molar-refractivity contribution in [1.82, 2.24) is 0 Å². The van der Waals surface area contributed by atoms with Gasteiger partial charge in [0.25, 0.3) is 0 Å². The van der Waals surface area contributed by atoms with Crippen LogP contribution >= 0.6 is 0 Å². The van der Waals surface area contributed by atoms with E-state index in [0.29, 0.717) is 12.3 Å². The van der Waals surface area contributed by atoms with Gasteiger partial charge in [-0.3, -0.25) is 9.59 Å². The van der Waals surface area contributed by atoms with Gasteiger partial charge in [-0.1, -0.05) is 25.3 Å². The normalized spacial score (nSPS) is 20.8. The van der Waals surface area contributed by atoms with Gasteiger partial charge in [0.15, 0.2) is 0 Å². The van der Waals surface area contributed by atoms with Crippen molar-refractivity contribution in [2.45, 2.75) is 57.8 Å². The van der Waals surface area contributed by atoms with Gasteiger partial charge in [-0.15, -0.1) is 0 Å². The van der Waals surface area contributed by atoms with Gasteiger partial charge in [0.05, 0.1) is 0 Å². The lowest BCUT2D eigenvalue weighted by Gasteiger charge is -2.21. The van der Waals surface area contributed by atoms with E-state index >= 15 is 0 Å². The highest BCUT2D eigenvalue weighted by atomic mass is 16.2. The van der Waals surface area contributed by atoms with Crippen molar-refractivity contribution >= 4 is 23.2 Å². The van der Waals surface area contributed by atoms with E-state index in [1.54, 1.807) is 0 Å². The summed E-state index contributed by atoms with van der Waals surface area (Å²) in [5, 5.41) is 3.05. The molecule has 4 nitrogen and oxygen atoms in total. The van der Waals surface area contributed by atoms with Crippen LogP contribution in [0, 0.1) is 11.8 Å². The third-order valence-corrected chi connectivity index (χ3v) is 5.66. The Morgan fingerprint density at radius 1 is 1.08 bits per heavy atom. The summed E-state index contributed by atoms with van der Waals surface area (Å²) < 4.78 is 0. The van der Waals surface area contributed by atoms with Gasteiger partial charge in [0.2, 0.25) is 11.8 Å². The van der Waals surface area contributed by atoms with Crippen molar-refractivity contribution in [3.05, 3.63) is 23.8 Å². The topological polar surface area (TPSA) is 49.4 Å². The Balaban J connectivity index is 1.42. The van der Waals surface area contributed by atoms with Crippen molar-refractivity contribution in [1.29, 1.82) is 0 Å². The standard InChI is InChI=1S/C20H26N2O2/c23-19(12-14-4-2-1-3-5-14)21-17-9-8-15-10-11-22(18(15)13-17)20(24)16-6-7-16/h8-9,13-14,16H,1-7,10-12H2,(H,21,23). The van der Waals surface area contributed by atoms with E-state index in [1.165, 1.54) is 37.7 Å². The fourth-order valence-corrected chi connectivity index (χ4v) is 4.10. The van der Waals surface area contributed by atoms with Crippen LogP contribution in [-0.2, 0) is 16.0 Å². The first-order valence-corrected chi connectivity index (χ1v) is 9.45. The lowest BCUT2D eigenvalue weighted by atomic mass is 9.87. The maximum atomic E-state index is 12.4. The number of hydrogen-bond donors (Lipinski definition) is 1. The lowest BCUT2D eigenvalue weighted by molar-refractivity contribution is -0.119. The van der Waals surface area contributed by atoms with E-state index in [-0.39, 0.29) is 17.7 Å². The molecule has 128 valence electrons. The van der Waals surface area contributed by atoms with Crippen molar-refractivity contribution in [3.8, 4) is 0 Å². The van der Waals surface area contributed by atoms with E-state index in [1.807, 2.05) is 17.0 Å². The van der Waals surface area contributed by atoms with Crippen molar-refractivity contribution in [2.24, 2.45) is 11.8 Å². The molecular weight excluding hydrogens is 300 g/mol. The van der Waals surface area contributed by atoms with Gasteiger partial charge in [-0.25, -0.2) is 0 Å². The molecule has 4 rings (SSSR count). The van der Waals surface area contributed by atoms with E-state index in [2.05, 4.69) is 11.4 Å². The minimum absolute atomic E-state index is 0.111. The third-order valence-electron chi connectivity index (χ3n) is 5.66. The number of carbonyl (C=O) groups is 2. The summed E-state index contributed by atoms with van der Waals surface area (Å²) >= 11 is 0. The van der Waals surface area contributed by atoms with Crippen LogP contribution in [0.4, 0.5) is 11.4 Å². The van der Waals surface area contributed by atoms with E-state index in [9.17, 15) is 9.59 Å². The summed E-state index contributed by atoms with van der Waals surface area (Å²) in [6.45, 7) is 0.782. The molecule has 3 aliphatic rings. The quantitative estimate of drug-likeness (QED) is 0.912. The molecule has 0 bridgehead atoms. The van der Waals surface area contributed by atoms with Gasteiger partial charge in [-0.2, -0.15) is 0 Å². The second-order valence-corrected chi connectivity index (χ2v) is 7.61. The predicted octanol–water partition coefficient (Wildman–Crippen LogP) is 3.89. The average Bonchev–Trinajstić information content (AvgIpc) is 3.35. The van der Waals surface area contributed by atoms with Crippen LogP contribution in [0.25, 0.3) is 0 Å². The first kappa shape index (κ1) is 15.7. The van der Waals surface area contributed by atoms with Gasteiger partial charge in [0.1, 0.15) is 0 Å². The number of fused-ring (bicyclic) bond motifs is 1. The van der Waals surface area contributed by atoms with E-state index in [4.69, 9.17) is 0 Å². The second kappa shape index (κ2) is 6.58. The Hall–Kier alpha value is -1.84. The molecule has 0 radical (unpaired) electrons. The van der Waals surface area contributed by atoms with Gasteiger partial charge in [0, 0.05) is 30.3 Å². The first-order valence-electron chi connectivity index (χ1n) is 9.45. The minimum Gasteiger partial charge on any atom is -0.326 e. The number of nitrogens with one attached hydrogen (secondary N) is 1. The van der Waals surface area contributed by atoms with Crippen LogP contribution in [0.3, 0.4) is 0 Å². The molecule has 1 aliphatic heterocycles. The van der Waals surface area contributed by atoms with Crippen molar-refractivity contribution in [2.75, 3.05) is 16.8 Å². The second-order valence-electron chi connectivity index (χ2n) is 7.61. The molecule has 0 unspecified atom stereocenters. The highest BCUT2D eigenvalue weighted by Crippen LogP contribution is 2.37. The molecule has 24 heavy (non-hydrogen) atoms. The number of hydrogen-bond acceptors (Lipinski definition) is 2. The highest BCUT2D eigenvalue weighted by Gasteiger charge is 2.36. The van der Waals surface area contributed by atoms with Gasteiger partial charge >= 0.3 is 0 Å². The molecule has 0 aromatic heterocycles. The molecule has 4 heteroatoms. The Morgan fingerprint density at radius 2 is 1.88 bits per heavy atom. The maximum Gasteiger partial charge on any atom is 0.230 e. The van der Waals surface area contributed by atoms with Crippen molar-refractivity contribution in [3.63, 3.8) is 0 Å². The first-order chi connectivity index (χ1) is 11.7. The molecule has 1 aromatic carbocycles. The highest BCUT2D eigenvalue weighted by molar-refractivity contribution is 5.99. The van der Waals surface area contributed by atoms with Gasteiger partial charge in [-0.05, 0) is 55.7 Å². The molecule has 2 fully saturated rings. The molecule has 0 saturated heterocycles. The molecule has 1 N–H and O–H groups in total. The SMILES string of the molecule is O=C(CC1CCCCC1)Nc1ccc2c(c1)N(C(=O)C1CC1)CC2. The van der Waals surface area contributed by atoms with Crippen LogP contribution < -0.4 is 10.2 Å². The molecule has 0 spiro atoms. The maximum absolute atomic E-state index is 12.4. The smallest absolute Gasteiger partial charge is 0.230 e. The summed E-state index contributed by atoms with van der Waals surface area (Å²) in [5.41, 5.74) is 3.04. The zero-order valence-corrected chi connectivity index (χ0v) is 14.2. The third kappa shape index (κ3) is 3.33. The fraction of sp³-hybridized carbons (Fsp3) is 0.600. The molecule has 1 heterocycles. The molecule has 1 aromatic rings. The van der Waals surface area contributed by atoms with Crippen LogP contribution in [0.2, 0.25) is 0 Å². The summed E-state index contributed by atoms with van der Waals surface area (Å²) in [6.07, 6.45) is 9.80. The Bertz CT molecular complexity index is 645. The zero-order valence-electron chi connectivity index (χ0n) is 14.2. The largest absolute Gasteiger partial charge is 0.326 e. The van der Waals surface area contributed by atoms with E-state index in [0.717, 1.165) is 37.2 Å². The number of rotatable bonds is 4. The minimum atomic E-state index is 0.111. The summed E-state index contributed by atoms with van der Waals surface area (Å²) in [4.78, 5) is 26.6. The molecule has 0 atom stereocenters. The van der Waals surface area contributed by atoms with Gasteiger partial charge < -0.3 is 10.2 Å². The number of anilines is 2. The van der Waals surface area contributed by atoms with Crippen LogP contribution in [0.15, 0.2) is 18.2 Å². The Labute approximate surface area is 143 Å². The summed E-state index contributed by atoms with van der Waals surface area (Å²) in [7, 11) is 0. The van der Waals surface area contributed by atoms with Crippen LogP contribution in [0.1, 0.15) is 56.9 Å². The molecule has 2 saturated carbocycles. The Kier molecular flexibility index (Phi) is 4.30. The lowest BCUT2D eigenvalue weighted by Crippen LogP contribution is -2.30. The zero-order chi connectivity index (χ0) is 16.5. The molecule has 2 aliphatic carbocycles. The van der Waals surface area contributed by atoms with E-state index < -0.39 is 0 Å². The Morgan fingerprint density at radius 3 is 2.62 bits per heavy atom. The van der Waals surface area contributed by atoms with Crippen LogP contribution in [-0.4, -0.2) is 18.4 Å². The summed E-state index contributed by atoms with van der Waals surface area (Å²) in [5.74, 6) is 1.15. The number of amides is 2.